The highest BCUT2D eigenvalue weighted by Crippen LogP contribution is 2.39. The van der Waals surface area contributed by atoms with E-state index in [0.717, 1.165) is 60.4 Å². The second-order valence-electron chi connectivity index (χ2n) is 9.28. The van der Waals surface area contributed by atoms with Crippen LogP contribution < -0.4 is 14.8 Å². The zero-order chi connectivity index (χ0) is 24.2. The maximum Gasteiger partial charge on any atom is 0.183 e. The Labute approximate surface area is 211 Å². The Bertz CT molecular complexity index is 1110. The van der Waals surface area contributed by atoms with Crippen molar-refractivity contribution in [3.8, 4) is 22.9 Å². The molecule has 0 aliphatic carbocycles. The number of hydrogen-bond acceptors (Lipinski definition) is 8. The summed E-state index contributed by atoms with van der Waals surface area (Å²) in [6.07, 6.45) is 0.0188. The third-order valence-electron chi connectivity index (χ3n) is 5.65. The first-order valence-corrected chi connectivity index (χ1v) is 13.1. The summed E-state index contributed by atoms with van der Waals surface area (Å²) in [7, 11) is 2.16. The van der Waals surface area contributed by atoms with Gasteiger partial charge in [-0.15, -0.1) is 11.3 Å². The van der Waals surface area contributed by atoms with Crippen molar-refractivity contribution in [2.24, 2.45) is 0 Å². The number of nitrogens with zero attached hydrogens (tertiary/aromatic N) is 4. The van der Waals surface area contributed by atoms with E-state index in [1.165, 1.54) is 0 Å². The molecule has 3 aromatic rings. The number of nitrogens with one attached hydrogen (secondary N) is 1. The monoisotopic (exact) mass is 503 g/mol. The number of anilines is 1. The molecule has 0 atom stereocenters. The van der Waals surface area contributed by atoms with E-state index in [2.05, 4.69) is 36.0 Å². The van der Waals surface area contributed by atoms with Gasteiger partial charge in [-0.25, -0.2) is 9.97 Å². The number of halogens is 1. The van der Waals surface area contributed by atoms with E-state index < -0.39 is 0 Å². The van der Waals surface area contributed by atoms with Crippen LogP contribution in [0.15, 0.2) is 23.6 Å². The number of benzene rings is 1. The lowest BCUT2D eigenvalue weighted by atomic mass is 10.1. The summed E-state index contributed by atoms with van der Waals surface area (Å²) in [5.74, 6) is 1.39. The lowest BCUT2D eigenvalue weighted by Crippen LogP contribution is -2.45. The fourth-order valence-corrected chi connectivity index (χ4v) is 4.98. The number of thiazole rings is 1. The first-order chi connectivity index (χ1) is 16.3. The molecule has 34 heavy (non-hydrogen) atoms. The van der Waals surface area contributed by atoms with Gasteiger partial charge in [0.2, 0.25) is 0 Å². The molecule has 0 amide bonds. The minimum absolute atomic E-state index is 0.0188. The number of pyridine rings is 1. The van der Waals surface area contributed by atoms with Crippen LogP contribution in [0.4, 0.5) is 5.13 Å². The van der Waals surface area contributed by atoms with Gasteiger partial charge >= 0.3 is 0 Å². The van der Waals surface area contributed by atoms with Crippen LogP contribution in [0.5, 0.6) is 11.5 Å². The zero-order valence-electron chi connectivity index (χ0n) is 20.6. The standard InChI is InChI=1S/C25H34ClN5O2S/c1-16(2)27-25-29-20(15-34-25)19-14-22(33-17(3)4)18-6-7-21(23(26)24(18)28-19)32-13-12-31-10-8-30(5)9-11-31/h6-7,14-17H,8-13H2,1-5H3,(H,27,29). The Morgan fingerprint density at radius 1 is 1.06 bits per heavy atom. The van der Waals surface area contributed by atoms with E-state index in [1.807, 2.05) is 37.4 Å². The Morgan fingerprint density at radius 3 is 2.53 bits per heavy atom. The fourth-order valence-electron chi connectivity index (χ4n) is 3.86. The zero-order valence-corrected chi connectivity index (χ0v) is 22.2. The largest absolute Gasteiger partial charge is 0.491 e. The minimum Gasteiger partial charge on any atom is -0.491 e. The molecular formula is C25H34ClN5O2S. The molecule has 0 radical (unpaired) electrons. The topological polar surface area (TPSA) is 62.8 Å². The molecule has 1 fully saturated rings. The highest BCUT2D eigenvalue weighted by atomic mass is 35.5. The molecule has 0 bridgehead atoms. The van der Waals surface area contributed by atoms with Crippen LogP contribution in [0.2, 0.25) is 5.02 Å². The normalized spacial score (nSPS) is 15.4. The van der Waals surface area contributed by atoms with Crippen molar-refractivity contribution in [3.63, 3.8) is 0 Å². The van der Waals surface area contributed by atoms with Gasteiger partial charge in [-0.05, 0) is 46.9 Å². The van der Waals surface area contributed by atoms with Crippen molar-refractivity contribution >= 4 is 39.0 Å². The Balaban J connectivity index is 1.60. The number of hydrogen-bond donors (Lipinski definition) is 1. The molecule has 1 N–H and O–H groups in total. The predicted octanol–water partition coefficient (Wildman–Crippen LogP) is 5.25. The molecule has 1 aliphatic heterocycles. The average molecular weight is 504 g/mol. The molecule has 9 heteroatoms. The second-order valence-corrected chi connectivity index (χ2v) is 10.5. The maximum absolute atomic E-state index is 6.83. The van der Waals surface area contributed by atoms with Gasteiger partial charge in [0.05, 0.1) is 17.3 Å². The van der Waals surface area contributed by atoms with Crippen LogP contribution in [-0.2, 0) is 0 Å². The number of piperazine rings is 1. The minimum atomic E-state index is 0.0188. The quantitative estimate of drug-likeness (QED) is 0.428. The molecule has 184 valence electrons. The molecule has 1 aliphatic rings. The predicted molar refractivity (Wildman–Crippen MR) is 142 cm³/mol. The Kier molecular flexibility index (Phi) is 8.14. The van der Waals surface area contributed by atoms with Gasteiger partial charge in [0.1, 0.15) is 28.8 Å². The molecule has 2 aromatic heterocycles. The third-order valence-corrected chi connectivity index (χ3v) is 6.79. The van der Waals surface area contributed by atoms with Gasteiger partial charge in [-0.2, -0.15) is 0 Å². The van der Waals surface area contributed by atoms with E-state index in [9.17, 15) is 0 Å². The van der Waals surface area contributed by atoms with Crippen molar-refractivity contribution in [2.45, 2.75) is 39.8 Å². The second kappa shape index (κ2) is 11.1. The molecule has 4 rings (SSSR count). The van der Waals surface area contributed by atoms with Gasteiger partial charge in [-0.3, -0.25) is 4.90 Å². The van der Waals surface area contributed by atoms with Gasteiger partial charge in [-0.1, -0.05) is 11.6 Å². The molecule has 0 unspecified atom stereocenters. The molecule has 0 spiro atoms. The SMILES string of the molecule is CC(C)Nc1nc(-c2cc(OC(C)C)c3ccc(OCCN4CCN(C)CC4)c(Cl)c3n2)cs1. The van der Waals surface area contributed by atoms with Crippen molar-refractivity contribution in [1.82, 2.24) is 19.8 Å². The first kappa shape index (κ1) is 25.0. The molecule has 7 nitrogen and oxygen atoms in total. The van der Waals surface area contributed by atoms with Crippen molar-refractivity contribution in [3.05, 3.63) is 28.6 Å². The molecule has 3 heterocycles. The van der Waals surface area contributed by atoms with E-state index in [0.29, 0.717) is 28.9 Å². The smallest absolute Gasteiger partial charge is 0.183 e. The van der Waals surface area contributed by atoms with Crippen molar-refractivity contribution in [2.75, 3.05) is 51.7 Å². The van der Waals surface area contributed by atoms with Crippen LogP contribution >= 0.6 is 22.9 Å². The van der Waals surface area contributed by atoms with E-state index in [-0.39, 0.29) is 6.10 Å². The summed E-state index contributed by atoms with van der Waals surface area (Å²) in [5.41, 5.74) is 2.19. The van der Waals surface area contributed by atoms with E-state index in [1.54, 1.807) is 11.3 Å². The summed E-state index contributed by atoms with van der Waals surface area (Å²) >= 11 is 8.39. The summed E-state index contributed by atoms with van der Waals surface area (Å²) < 4.78 is 12.2. The number of rotatable bonds is 9. The first-order valence-electron chi connectivity index (χ1n) is 11.9. The van der Waals surface area contributed by atoms with Crippen LogP contribution in [0.25, 0.3) is 22.3 Å². The molecular weight excluding hydrogens is 470 g/mol. The van der Waals surface area contributed by atoms with Crippen LogP contribution in [0.3, 0.4) is 0 Å². The lowest BCUT2D eigenvalue weighted by molar-refractivity contribution is 0.134. The van der Waals surface area contributed by atoms with Gasteiger partial charge in [0.25, 0.3) is 0 Å². The third kappa shape index (κ3) is 6.10. The molecule has 1 saturated heterocycles. The summed E-state index contributed by atoms with van der Waals surface area (Å²) in [5, 5.41) is 7.58. The number of likely N-dealkylation sites (N-methyl/N-ethyl adjacent to an activating group) is 1. The van der Waals surface area contributed by atoms with Crippen LogP contribution in [0.1, 0.15) is 27.7 Å². The summed E-state index contributed by atoms with van der Waals surface area (Å²) in [4.78, 5) is 14.4. The van der Waals surface area contributed by atoms with Gasteiger partial charge in [0, 0.05) is 55.6 Å². The van der Waals surface area contributed by atoms with E-state index >= 15 is 0 Å². The van der Waals surface area contributed by atoms with Crippen LogP contribution in [-0.4, -0.2) is 78.3 Å². The molecule has 0 saturated carbocycles. The summed E-state index contributed by atoms with van der Waals surface area (Å²) in [6, 6.07) is 6.15. The van der Waals surface area contributed by atoms with Gasteiger partial charge < -0.3 is 19.7 Å². The summed E-state index contributed by atoms with van der Waals surface area (Å²) in [6.45, 7) is 14.0. The van der Waals surface area contributed by atoms with Crippen molar-refractivity contribution in [1.29, 1.82) is 0 Å². The highest BCUT2D eigenvalue weighted by molar-refractivity contribution is 7.14. The van der Waals surface area contributed by atoms with Crippen molar-refractivity contribution < 1.29 is 9.47 Å². The van der Waals surface area contributed by atoms with E-state index in [4.69, 9.17) is 31.0 Å². The lowest BCUT2D eigenvalue weighted by Gasteiger charge is -2.32. The number of ether oxygens (including phenoxy) is 2. The Morgan fingerprint density at radius 2 is 1.82 bits per heavy atom. The number of fused-ring (bicyclic) bond motifs is 1. The van der Waals surface area contributed by atoms with Gasteiger partial charge in [0.15, 0.2) is 5.13 Å². The average Bonchev–Trinajstić information content (AvgIpc) is 3.24. The van der Waals surface area contributed by atoms with Crippen LogP contribution in [0, 0.1) is 0 Å². The molecule has 1 aromatic carbocycles. The fraction of sp³-hybridized carbons (Fsp3) is 0.520. The Hall–Kier alpha value is -2.13. The maximum atomic E-state index is 6.83. The number of aromatic nitrogens is 2. The highest BCUT2D eigenvalue weighted by Gasteiger charge is 2.18.